The number of methoxy groups -OCH3 is 1. The molecule has 0 saturated carbocycles. The van der Waals surface area contributed by atoms with E-state index in [4.69, 9.17) is 26.8 Å². The van der Waals surface area contributed by atoms with Crippen LogP contribution in [0.3, 0.4) is 0 Å². The first-order valence-corrected chi connectivity index (χ1v) is 9.83. The molecule has 0 atom stereocenters. The van der Waals surface area contributed by atoms with E-state index in [0.29, 0.717) is 34.3 Å². The molecule has 31 heavy (non-hydrogen) atoms. The van der Waals surface area contributed by atoms with Gasteiger partial charge in [-0.15, -0.1) is 0 Å². The Labute approximate surface area is 185 Å². The predicted molar refractivity (Wildman–Crippen MR) is 118 cm³/mol. The second-order valence-corrected chi connectivity index (χ2v) is 6.77. The van der Waals surface area contributed by atoms with Gasteiger partial charge in [0.25, 0.3) is 5.91 Å². The molecular formula is C22H24ClN3O5. The molecule has 2 aromatic rings. The van der Waals surface area contributed by atoms with Gasteiger partial charge >= 0.3 is 0 Å². The molecular weight excluding hydrogens is 422 g/mol. The summed E-state index contributed by atoms with van der Waals surface area (Å²) in [5.41, 5.74) is 6.87. The summed E-state index contributed by atoms with van der Waals surface area (Å²) >= 11 is 6.23. The predicted octanol–water partition coefficient (Wildman–Crippen LogP) is 2.29. The van der Waals surface area contributed by atoms with Gasteiger partial charge in [0, 0.05) is 18.2 Å². The number of hydrogen-bond donors (Lipinski definition) is 3. The van der Waals surface area contributed by atoms with Gasteiger partial charge in [-0.05, 0) is 48.4 Å². The number of nitrogens with one attached hydrogen (secondary N) is 2. The van der Waals surface area contributed by atoms with Crippen LogP contribution in [-0.4, -0.2) is 38.0 Å². The molecule has 2 aromatic carbocycles. The molecule has 9 heteroatoms. The lowest BCUT2D eigenvalue weighted by Crippen LogP contribution is -2.33. The summed E-state index contributed by atoms with van der Waals surface area (Å²) < 4.78 is 10.8. The van der Waals surface area contributed by atoms with E-state index < -0.39 is 11.8 Å². The second kappa shape index (κ2) is 11.6. The highest BCUT2D eigenvalue weighted by Gasteiger charge is 2.11. The van der Waals surface area contributed by atoms with Crippen molar-refractivity contribution in [2.45, 2.75) is 13.5 Å². The zero-order valence-electron chi connectivity index (χ0n) is 17.2. The molecule has 0 unspecified atom stereocenters. The Hall–Kier alpha value is -3.52. The van der Waals surface area contributed by atoms with E-state index in [1.54, 1.807) is 42.5 Å². The van der Waals surface area contributed by atoms with Crippen LogP contribution < -0.4 is 25.8 Å². The molecule has 0 spiro atoms. The molecule has 0 aromatic heterocycles. The molecule has 4 N–H and O–H groups in total. The maximum absolute atomic E-state index is 12.1. The number of ether oxygens (including phenoxy) is 2. The molecule has 0 fully saturated rings. The number of carbonyl (C=O) groups excluding carboxylic acids is 3. The number of rotatable bonds is 10. The Balaban J connectivity index is 1.93. The molecule has 0 heterocycles. The van der Waals surface area contributed by atoms with Crippen LogP contribution in [0.1, 0.15) is 28.4 Å². The highest BCUT2D eigenvalue weighted by molar-refractivity contribution is 6.32. The Morgan fingerprint density at radius 3 is 2.45 bits per heavy atom. The van der Waals surface area contributed by atoms with E-state index in [9.17, 15) is 14.4 Å². The molecule has 0 saturated heterocycles. The van der Waals surface area contributed by atoms with Crippen molar-refractivity contribution < 1.29 is 23.9 Å². The van der Waals surface area contributed by atoms with Crippen molar-refractivity contribution in [3.63, 3.8) is 0 Å². The molecule has 0 aliphatic carbocycles. The van der Waals surface area contributed by atoms with Crippen LogP contribution in [0.15, 0.2) is 42.5 Å². The van der Waals surface area contributed by atoms with Crippen molar-refractivity contribution in [3.05, 3.63) is 64.2 Å². The number of hydrogen-bond acceptors (Lipinski definition) is 5. The fourth-order valence-corrected chi connectivity index (χ4v) is 2.86. The van der Waals surface area contributed by atoms with E-state index >= 15 is 0 Å². The molecule has 164 valence electrons. The van der Waals surface area contributed by atoms with Crippen LogP contribution in [0.4, 0.5) is 0 Å². The largest absolute Gasteiger partial charge is 0.493 e. The van der Waals surface area contributed by atoms with Crippen molar-refractivity contribution in [3.8, 4) is 11.5 Å². The van der Waals surface area contributed by atoms with Gasteiger partial charge in [-0.3, -0.25) is 14.4 Å². The standard InChI is InChI=1S/C22H24ClN3O5/c1-3-31-21-17(23)10-15(11-18(21)30-2)6-9-20(28)25-12-14-4-7-16(8-5-14)22(29)26-13-19(24)27/h4-11H,3,12-13H2,1-2H3,(H2,24,27)(H,25,28)(H,26,29)/b9-6+. The summed E-state index contributed by atoms with van der Waals surface area (Å²) in [6.45, 7) is 2.35. The van der Waals surface area contributed by atoms with Gasteiger partial charge in [0.15, 0.2) is 11.5 Å². The lowest BCUT2D eigenvalue weighted by molar-refractivity contribution is -0.117. The third-order valence-corrected chi connectivity index (χ3v) is 4.35. The molecule has 8 nitrogen and oxygen atoms in total. The minimum atomic E-state index is -0.619. The molecule has 0 radical (unpaired) electrons. The summed E-state index contributed by atoms with van der Waals surface area (Å²) in [6.07, 6.45) is 3.00. The number of amides is 3. The maximum Gasteiger partial charge on any atom is 0.251 e. The third kappa shape index (κ3) is 7.35. The lowest BCUT2D eigenvalue weighted by Gasteiger charge is -2.11. The van der Waals surface area contributed by atoms with Crippen molar-refractivity contribution in [2.24, 2.45) is 5.73 Å². The first kappa shape index (κ1) is 23.8. The smallest absolute Gasteiger partial charge is 0.251 e. The fourth-order valence-electron chi connectivity index (χ4n) is 2.58. The summed E-state index contributed by atoms with van der Waals surface area (Å²) in [6, 6.07) is 10.0. The van der Waals surface area contributed by atoms with Crippen LogP contribution in [-0.2, 0) is 16.1 Å². The highest BCUT2D eigenvalue weighted by Crippen LogP contribution is 2.36. The van der Waals surface area contributed by atoms with E-state index in [0.717, 1.165) is 5.56 Å². The third-order valence-electron chi connectivity index (χ3n) is 4.07. The number of primary amides is 1. The topological polar surface area (TPSA) is 120 Å². The minimum Gasteiger partial charge on any atom is -0.493 e. The summed E-state index contributed by atoms with van der Waals surface area (Å²) in [5.74, 6) is -0.380. The van der Waals surface area contributed by atoms with Crippen molar-refractivity contribution in [1.82, 2.24) is 10.6 Å². The second-order valence-electron chi connectivity index (χ2n) is 6.36. The highest BCUT2D eigenvalue weighted by atomic mass is 35.5. The SMILES string of the molecule is CCOc1c(Cl)cc(/C=C/C(=O)NCc2ccc(C(=O)NCC(N)=O)cc2)cc1OC. The Bertz CT molecular complexity index is 974. The van der Waals surface area contributed by atoms with Gasteiger partial charge in [-0.2, -0.15) is 0 Å². The van der Waals surface area contributed by atoms with Crippen molar-refractivity contribution in [2.75, 3.05) is 20.3 Å². The average molecular weight is 446 g/mol. The van der Waals surface area contributed by atoms with E-state index in [1.165, 1.54) is 13.2 Å². The van der Waals surface area contributed by atoms with Gasteiger partial charge in [0.2, 0.25) is 11.8 Å². The number of carbonyl (C=O) groups is 3. The monoisotopic (exact) mass is 445 g/mol. The van der Waals surface area contributed by atoms with E-state index in [1.807, 2.05) is 6.92 Å². The Morgan fingerprint density at radius 2 is 1.84 bits per heavy atom. The zero-order chi connectivity index (χ0) is 22.8. The van der Waals surface area contributed by atoms with Crippen LogP contribution in [0, 0.1) is 0 Å². The first-order valence-electron chi connectivity index (χ1n) is 9.45. The summed E-state index contributed by atoms with van der Waals surface area (Å²) in [7, 11) is 1.51. The van der Waals surface area contributed by atoms with Crippen LogP contribution in [0.5, 0.6) is 11.5 Å². The Kier molecular flexibility index (Phi) is 8.90. The quantitative estimate of drug-likeness (QED) is 0.485. The van der Waals surface area contributed by atoms with Crippen LogP contribution >= 0.6 is 11.6 Å². The minimum absolute atomic E-state index is 0.228. The number of halogens is 1. The average Bonchev–Trinajstić information content (AvgIpc) is 2.76. The van der Waals surface area contributed by atoms with Crippen LogP contribution in [0.25, 0.3) is 6.08 Å². The molecule has 0 aliphatic rings. The van der Waals surface area contributed by atoms with Crippen molar-refractivity contribution in [1.29, 1.82) is 0 Å². The number of benzene rings is 2. The molecule has 0 aliphatic heterocycles. The fraction of sp³-hybridized carbons (Fsp3) is 0.227. The normalized spacial score (nSPS) is 10.5. The molecule has 0 bridgehead atoms. The summed E-state index contributed by atoms with van der Waals surface area (Å²) in [5, 5.41) is 5.55. The van der Waals surface area contributed by atoms with Crippen LogP contribution in [0.2, 0.25) is 5.02 Å². The summed E-state index contributed by atoms with van der Waals surface area (Å²) in [4.78, 5) is 34.7. The number of nitrogens with two attached hydrogens (primary N) is 1. The van der Waals surface area contributed by atoms with E-state index in [2.05, 4.69) is 10.6 Å². The van der Waals surface area contributed by atoms with Gasteiger partial charge in [0.1, 0.15) is 0 Å². The zero-order valence-corrected chi connectivity index (χ0v) is 18.0. The maximum atomic E-state index is 12.1. The van der Waals surface area contributed by atoms with E-state index in [-0.39, 0.29) is 19.0 Å². The van der Waals surface area contributed by atoms with Gasteiger partial charge in [-0.25, -0.2) is 0 Å². The van der Waals surface area contributed by atoms with Gasteiger partial charge < -0.3 is 25.8 Å². The van der Waals surface area contributed by atoms with Gasteiger partial charge in [-0.1, -0.05) is 23.7 Å². The van der Waals surface area contributed by atoms with Crippen molar-refractivity contribution >= 4 is 35.4 Å². The molecule has 3 amide bonds. The van der Waals surface area contributed by atoms with Gasteiger partial charge in [0.05, 0.1) is 25.3 Å². The Morgan fingerprint density at radius 1 is 1.13 bits per heavy atom. The lowest BCUT2D eigenvalue weighted by atomic mass is 10.1. The first-order chi connectivity index (χ1) is 14.8. The molecule has 2 rings (SSSR count).